The third-order valence-corrected chi connectivity index (χ3v) is 41.7. The fourth-order valence-electron chi connectivity index (χ4n) is 5.20. The first kappa shape index (κ1) is 33.0. The molecule has 0 nitrogen and oxygen atoms in total. The Labute approximate surface area is 268 Å². The fraction of sp³-hybridized carbons (Fsp3) is 0.211. The van der Waals surface area contributed by atoms with Crippen LogP contribution in [0.1, 0.15) is 37.8 Å². The van der Waals surface area contributed by atoms with Gasteiger partial charge in [0.05, 0.1) is 0 Å². The van der Waals surface area contributed by atoms with Gasteiger partial charge in [-0.25, -0.2) is 0 Å². The van der Waals surface area contributed by atoms with Crippen molar-refractivity contribution in [3.63, 3.8) is 0 Å². The molecule has 0 aromatic heterocycles. The summed E-state index contributed by atoms with van der Waals surface area (Å²) in [5, 5.41) is 5.49. The van der Waals surface area contributed by atoms with Gasteiger partial charge in [-0.05, 0) is 24.0 Å². The van der Waals surface area contributed by atoms with E-state index in [-0.39, 0.29) is 0 Å². The van der Waals surface area contributed by atoms with Crippen molar-refractivity contribution >= 4 is 48.5 Å². The normalized spacial score (nSPS) is 10.5. The van der Waals surface area contributed by atoms with Crippen molar-refractivity contribution in [1.82, 2.24) is 0 Å². The minimum atomic E-state index is -1.59. The number of aryl methyl sites for hydroxylation is 2. The number of benzene rings is 4. The molecule has 42 heavy (non-hydrogen) atoms. The van der Waals surface area contributed by atoms with Crippen molar-refractivity contribution in [2.24, 2.45) is 0 Å². The van der Waals surface area contributed by atoms with Gasteiger partial charge in [0, 0.05) is 0 Å². The first-order valence-corrected chi connectivity index (χ1v) is 32.8. The first-order chi connectivity index (χ1) is 20.4. The molecule has 0 fully saturated rings. The Morgan fingerprint density at radius 3 is 1.29 bits per heavy atom. The summed E-state index contributed by atoms with van der Waals surface area (Å²) in [6.45, 7) is 4.46. The Balaban J connectivity index is 0.000000162. The molecular formula is C38H40Cl2GeZr-2. The molecule has 6 aromatic carbocycles. The Hall–Kier alpha value is -1.89. The van der Waals surface area contributed by atoms with E-state index in [4.69, 9.17) is 17.0 Å². The summed E-state index contributed by atoms with van der Waals surface area (Å²) in [4.78, 5) is 0. The van der Waals surface area contributed by atoms with Gasteiger partial charge in [-0.15, -0.1) is 69.1 Å². The van der Waals surface area contributed by atoms with Crippen LogP contribution in [-0.2, 0) is 29.1 Å². The zero-order valence-electron chi connectivity index (χ0n) is 25.1. The summed E-state index contributed by atoms with van der Waals surface area (Å²) in [6.07, 6.45) is 4.75. The molecular weight excluding hydrogens is 691 g/mol. The maximum atomic E-state index is 5.65. The molecule has 0 aliphatic carbocycles. The molecule has 4 heteroatoms. The molecule has 0 heterocycles. The summed E-state index contributed by atoms with van der Waals surface area (Å²) >= 11 is -1.59. The predicted molar refractivity (Wildman–Crippen MR) is 187 cm³/mol. The number of hydrogen-bond acceptors (Lipinski definition) is 0. The van der Waals surface area contributed by atoms with Crippen LogP contribution in [0.5, 0.6) is 0 Å². The maximum absolute atomic E-state index is 5.65. The van der Waals surface area contributed by atoms with E-state index in [1.54, 1.807) is 0 Å². The Kier molecular flexibility index (Phi) is 13.2. The van der Waals surface area contributed by atoms with E-state index in [1.165, 1.54) is 80.6 Å². The zero-order chi connectivity index (χ0) is 29.9. The van der Waals surface area contributed by atoms with Gasteiger partial charge >= 0.3 is 54.8 Å². The van der Waals surface area contributed by atoms with Crippen LogP contribution in [0.2, 0.25) is 11.5 Å². The number of fused-ring (bicyclic) bond motifs is 2. The van der Waals surface area contributed by atoms with Crippen LogP contribution in [0.15, 0.2) is 121 Å². The third kappa shape index (κ3) is 9.06. The van der Waals surface area contributed by atoms with Crippen LogP contribution in [0.4, 0.5) is 0 Å². The predicted octanol–water partition coefficient (Wildman–Crippen LogP) is 12.5. The summed E-state index contributed by atoms with van der Waals surface area (Å²) in [6, 6.07) is 43.8. The monoisotopic (exact) mass is 730 g/mol. The molecule has 0 bridgehead atoms. The topological polar surface area (TPSA) is 0 Å². The van der Waals surface area contributed by atoms with E-state index in [9.17, 15) is 0 Å². The van der Waals surface area contributed by atoms with E-state index in [1.807, 2.05) is 0 Å². The van der Waals surface area contributed by atoms with Crippen molar-refractivity contribution in [3.05, 3.63) is 132 Å². The van der Waals surface area contributed by atoms with E-state index in [2.05, 4.69) is 147 Å². The molecule has 0 saturated heterocycles. The van der Waals surface area contributed by atoms with Crippen LogP contribution in [-0.4, -0.2) is 9.98 Å². The summed E-state index contributed by atoms with van der Waals surface area (Å²) in [7, 11) is 10.6. The summed E-state index contributed by atoms with van der Waals surface area (Å²) < 4.78 is 0. The molecule has 0 unspecified atom stereocenters. The van der Waals surface area contributed by atoms with Crippen molar-refractivity contribution in [2.75, 3.05) is 0 Å². The molecule has 0 aliphatic rings. The van der Waals surface area contributed by atoms with Gasteiger partial charge in [-0.3, -0.25) is 0 Å². The van der Waals surface area contributed by atoms with E-state index < -0.39 is 26.2 Å². The second-order valence-electron chi connectivity index (χ2n) is 10.8. The van der Waals surface area contributed by atoms with Crippen molar-refractivity contribution in [3.8, 4) is 22.3 Å². The second kappa shape index (κ2) is 16.8. The van der Waals surface area contributed by atoms with Gasteiger partial charge in [0.15, 0.2) is 0 Å². The van der Waals surface area contributed by atoms with Gasteiger partial charge < -0.3 is 0 Å². The summed E-state index contributed by atoms with van der Waals surface area (Å²) in [5.74, 6) is 4.46. The SMILES string of the molecule is CCCc1cc2c(-c3ccccc3)cccc2[cH-]1.CCCc1cc2c(-c3ccccc3)cccc2[cH-]1.[CH3][Ge]([CH3])=[Zr]([Cl])[Cl]. The molecule has 0 spiro atoms. The van der Waals surface area contributed by atoms with Gasteiger partial charge in [-0.1, -0.05) is 111 Å². The van der Waals surface area contributed by atoms with E-state index in [0.717, 1.165) is 0 Å². The minimum absolute atomic E-state index is 0.735. The number of hydrogen-bond donors (Lipinski definition) is 0. The van der Waals surface area contributed by atoms with Crippen LogP contribution in [0, 0.1) is 0 Å². The van der Waals surface area contributed by atoms with Gasteiger partial charge in [0.2, 0.25) is 0 Å². The van der Waals surface area contributed by atoms with Crippen LogP contribution < -0.4 is 0 Å². The number of halogens is 2. The Bertz CT molecular complexity index is 1590. The third-order valence-electron chi connectivity index (χ3n) is 7.25. The van der Waals surface area contributed by atoms with Gasteiger partial charge in [-0.2, -0.15) is 12.1 Å². The average Bonchev–Trinajstić information content (AvgIpc) is 3.62. The Morgan fingerprint density at radius 1 is 0.571 bits per heavy atom. The molecule has 6 rings (SSSR count). The van der Waals surface area contributed by atoms with Crippen LogP contribution in [0.3, 0.4) is 0 Å². The van der Waals surface area contributed by atoms with Crippen molar-refractivity contribution in [2.45, 2.75) is 51.0 Å². The standard InChI is InChI=1S/2C18H17.C2H6Ge.2ClH.Zr/c2*1-2-7-14-12-16-10-6-11-17(18(16)13-14)15-8-4-3-5-9-15;1-3-2;;;/h2*3-6,8-13H,2,7H2,1H3;1-2H3;2*1H;/q2*-1;;;;+2/p-2. The van der Waals surface area contributed by atoms with Crippen molar-refractivity contribution in [1.29, 1.82) is 0 Å². The van der Waals surface area contributed by atoms with Gasteiger partial charge in [0.25, 0.3) is 0 Å². The van der Waals surface area contributed by atoms with Crippen molar-refractivity contribution < 1.29 is 16.2 Å². The second-order valence-corrected chi connectivity index (χ2v) is 48.8. The molecule has 216 valence electrons. The van der Waals surface area contributed by atoms with E-state index >= 15 is 0 Å². The molecule has 0 aliphatic heterocycles. The summed E-state index contributed by atoms with van der Waals surface area (Å²) in [5.41, 5.74) is 8.20. The molecule has 0 amide bonds. The van der Waals surface area contributed by atoms with Crippen LogP contribution >= 0.6 is 17.0 Å². The molecule has 0 radical (unpaired) electrons. The van der Waals surface area contributed by atoms with E-state index in [0.29, 0.717) is 0 Å². The fourth-order valence-corrected chi connectivity index (χ4v) is 5.20. The molecule has 0 atom stereocenters. The average molecular weight is 731 g/mol. The quantitative estimate of drug-likeness (QED) is 0.118. The van der Waals surface area contributed by atoms with Gasteiger partial charge in [0.1, 0.15) is 0 Å². The molecule has 0 saturated carbocycles. The molecule has 6 aromatic rings. The first-order valence-electron chi connectivity index (χ1n) is 14.9. The molecule has 0 N–H and O–H groups in total. The zero-order valence-corrected chi connectivity index (χ0v) is 31.2. The van der Waals surface area contributed by atoms with Crippen LogP contribution in [0.25, 0.3) is 43.8 Å². The Morgan fingerprint density at radius 2 is 0.952 bits per heavy atom. The number of rotatable bonds is 6.